The summed E-state index contributed by atoms with van der Waals surface area (Å²) in [5.74, 6) is -0.660. The van der Waals surface area contributed by atoms with Gasteiger partial charge in [0.25, 0.3) is 0 Å². The van der Waals surface area contributed by atoms with Gasteiger partial charge in [-0.15, -0.1) is 13.2 Å². The molecule has 3 rings (SSSR count). The van der Waals surface area contributed by atoms with E-state index in [1.54, 1.807) is 30.3 Å². The van der Waals surface area contributed by atoms with Crippen LogP contribution in [0.5, 0.6) is 5.75 Å². The van der Waals surface area contributed by atoms with Crippen LogP contribution in [-0.2, 0) is 4.79 Å². The first-order valence-electron chi connectivity index (χ1n) is 7.90. The van der Waals surface area contributed by atoms with Crippen molar-refractivity contribution < 1.29 is 27.5 Å². The van der Waals surface area contributed by atoms with Crippen LogP contribution in [0.2, 0.25) is 0 Å². The molecule has 26 heavy (non-hydrogen) atoms. The number of hydrogen-bond acceptors (Lipinski definition) is 3. The third-order valence-electron chi connectivity index (χ3n) is 3.84. The number of nitrogens with zero attached hydrogens (tertiary/aromatic N) is 2. The maximum Gasteiger partial charge on any atom is 0.573 e. The maximum atomic E-state index is 12.9. The van der Waals surface area contributed by atoms with Gasteiger partial charge >= 0.3 is 12.4 Å². The number of rotatable bonds is 3. The van der Waals surface area contributed by atoms with Crippen LogP contribution >= 0.6 is 0 Å². The molecule has 1 saturated heterocycles. The molecule has 1 aliphatic heterocycles. The molecule has 0 N–H and O–H groups in total. The number of likely N-dealkylation sites (tertiary alicyclic amines) is 1. The van der Waals surface area contributed by atoms with Crippen molar-refractivity contribution in [1.29, 1.82) is 0 Å². The third kappa shape index (κ3) is 3.96. The largest absolute Gasteiger partial charge is 0.573 e. The van der Waals surface area contributed by atoms with E-state index in [9.17, 15) is 22.8 Å². The van der Waals surface area contributed by atoms with E-state index < -0.39 is 12.4 Å². The Kier molecular flexibility index (Phi) is 4.83. The van der Waals surface area contributed by atoms with Gasteiger partial charge in [-0.2, -0.15) is 0 Å². The van der Waals surface area contributed by atoms with Crippen LogP contribution in [0.25, 0.3) is 0 Å². The Hall–Kier alpha value is -3.03. The van der Waals surface area contributed by atoms with Gasteiger partial charge in [0.1, 0.15) is 5.75 Å². The molecule has 0 aliphatic carbocycles. The second-order valence-electron chi connectivity index (χ2n) is 5.64. The Balaban J connectivity index is 1.93. The molecule has 0 saturated carbocycles. The molecule has 5 nitrogen and oxygen atoms in total. The van der Waals surface area contributed by atoms with E-state index in [0.717, 1.165) is 17.0 Å². The van der Waals surface area contributed by atoms with Crippen LogP contribution in [0, 0.1) is 0 Å². The second-order valence-corrected chi connectivity index (χ2v) is 5.64. The lowest BCUT2D eigenvalue weighted by molar-refractivity contribution is -0.274. The molecule has 0 aromatic heterocycles. The highest BCUT2D eigenvalue weighted by Gasteiger charge is 2.33. The number of para-hydroxylation sites is 1. The Morgan fingerprint density at radius 1 is 1.00 bits per heavy atom. The van der Waals surface area contributed by atoms with Crippen LogP contribution in [0.15, 0.2) is 54.6 Å². The molecule has 0 radical (unpaired) electrons. The van der Waals surface area contributed by atoms with Crippen molar-refractivity contribution in [1.82, 2.24) is 4.90 Å². The summed E-state index contributed by atoms with van der Waals surface area (Å²) in [4.78, 5) is 27.3. The lowest BCUT2D eigenvalue weighted by atomic mass is 10.2. The molecule has 136 valence electrons. The van der Waals surface area contributed by atoms with Gasteiger partial charge in [0.05, 0.1) is 11.4 Å². The minimum absolute atomic E-state index is 0.270. The fourth-order valence-corrected chi connectivity index (χ4v) is 2.71. The monoisotopic (exact) mass is 364 g/mol. The summed E-state index contributed by atoms with van der Waals surface area (Å²) in [6.07, 6.45) is -3.91. The van der Waals surface area contributed by atoms with E-state index in [1.807, 2.05) is 0 Å². The van der Waals surface area contributed by atoms with E-state index in [1.165, 1.54) is 17.0 Å². The number of halogens is 3. The lowest BCUT2D eigenvalue weighted by Crippen LogP contribution is -2.41. The second kappa shape index (κ2) is 7.07. The minimum Gasteiger partial charge on any atom is -0.406 e. The van der Waals surface area contributed by atoms with Gasteiger partial charge < -0.3 is 4.74 Å². The number of urea groups is 1. The molecule has 3 amide bonds. The van der Waals surface area contributed by atoms with E-state index >= 15 is 0 Å². The molecule has 8 heteroatoms. The van der Waals surface area contributed by atoms with Gasteiger partial charge in [-0.1, -0.05) is 18.2 Å². The number of carbonyl (C=O) groups excluding carboxylic acids is 2. The van der Waals surface area contributed by atoms with Crippen LogP contribution in [0.3, 0.4) is 0 Å². The van der Waals surface area contributed by atoms with Crippen molar-refractivity contribution in [3.8, 4) is 5.75 Å². The fourth-order valence-electron chi connectivity index (χ4n) is 2.71. The third-order valence-corrected chi connectivity index (χ3v) is 3.84. The number of hydrogen-bond donors (Lipinski definition) is 0. The molecule has 1 aliphatic rings. The number of ether oxygens (including phenoxy) is 1. The van der Waals surface area contributed by atoms with Crippen LogP contribution < -0.4 is 9.64 Å². The average molecular weight is 364 g/mol. The number of benzene rings is 2. The Morgan fingerprint density at radius 3 is 2.15 bits per heavy atom. The predicted molar refractivity (Wildman–Crippen MR) is 88.0 cm³/mol. The summed E-state index contributed by atoms with van der Waals surface area (Å²) in [5, 5.41) is 0. The smallest absolute Gasteiger partial charge is 0.406 e. The fraction of sp³-hybridized carbons (Fsp3) is 0.222. The summed E-state index contributed by atoms with van der Waals surface area (Å²) < 4.78 is 40.8. The topological polar surface area (TPSA) is 49.9 Å². The van der Waals surface area contributed by atoms with E-state index in [4.69, 9.17) is 0 Å². The summed E-state index contributed by atoms with van der Waals surface area (Å²) in [6.45, 7) is 0.316. The van der Waals surface area contributed by atoms with Gasteiger partial charge in [0, 0.05) is 13.0 Å². The number of imide groups is 1. The Morgan fingerprint density at radius 2 is 1.62 bits per heavy atom. The normalized spacial score (nSPS) is 14.4. The van der Waals surface area contributed by atoms with Crippen molar-refractivity contribution in [2.45, 2.75) is 19.2 Å². The first-order chi connectivity index (χ1) is 12.3. The molecule has 1 fully saturated rings. The first kappa shape index (κ1) is 17.8. The lowest BCUT2D eigenvalue weighted by Gasteiger charge is -2.27. The number of carbonyl (C=O) groups is 2. The van der Waals surface area contributed by atoms with Gasteiger partial charge in [0.2, 0.25) is 5.91 Å². The molecule has 2 aromatic carbocycles. The summed E-state index contributed by atoms with van der Waals surface area (Å²) >= 11 is 0. The van der Waals surface area contributed by atoms with Gasteiger partial charge in [-0.05, 0) is 42.8 Å². The zero-order valence-electron chi connectivity index (χ0n) is 13.6. The van der Waals surface area contributed by atoms with Crippen LogP contribution in [-0.4, -0.2) is 29.7 Å². The summed E-state index contributed by atoms with van der Waals surface area (Å²) in [7, 11) is 0. The molecule has 0 spiro atoms. The Labute approximate surface area is 147 Å². The molecule has 2 aromatic rings. The van der Waals surface area contributed by atoms with Crippen molar-refractivity contribution in [3.63, 3.8) is 0 Å². The molecule has 1 heterocycles. The summed E-state index contributed by atoms with van der Waals surface area (Å²) in [6, 6.07) is 13.0. The highest BCUT2D eigenvalue weighted by molar-refractivity contribution is 6.07. The van der Waals surface area contributed by atoms with Crippen molar-refractivity contribution in [3.05, 3.63) is 54.6 Å². The molecular formula is C18H15F3N2O3. The van der Waals surface area contributed by atoms with Gasteiger partial charge in [-0.25, -0.2) is 4.79 Å². The molecular weight excluding hydrogens is 349 g/mol. The number of anilines is 2. The van der Waals surface area contributed by atoms with Crippen LogP contribution in [0.1, 0.15) is 12.8 Å². The molecule has 0 atom stereocenters. The minimum atomic E-state index is -4.79. The SMILES string of the molecule is O=C1CCCN1C(=O)N(c1ccccc1)c1ccc(OC(F)(F)F)cc1. The van der Waals surface area contributed by atoms with Crippen LogP contribution in [0.4, 0.5) is 29.3 Å². The maximum absolute atomic E-state index is 12.9. The van der Waals surface area contributed by atoms with Crippen molar-refractivity contribution in [2.75, 3.05) is 11.4 Å². The number of alkyl halides is 3. The average Bonchev–Trinajstić information content (AvgIpc) is 3.02. The Bertz CT molecular complexity index is 792. The highest BCUT2D eigenvalue weighted by atomic mass is 19.4. The van der Waals surface area contributed by atoms with E-state index in [2.05, 4.69) is 4.74 Å². The standard InChI is InChI=1S/C18H15F3N2O3/c19-18(20,21)26-15-10-8-14(9-11-15)23(13-5-2-1-3-6-13)17(25)22-12-4-7-16(22)24/h1-3,5-6,8-11H,4,7,12H2. The number of amides is 3. The quantitative estimate of drug-likeness (QED) is 0.808. The zero-order chi connectivity index (χ0) is 18.7. The molecule has 0 unspecified atom stereocenters. The van der Waals surface area contributed by atoms with Gasteiger partial charge in [0.15, 0.2) is 0 Å². The van der Waals surface area contributed by atoms with E-state index in [-0.39, 0.29) is 11.7 Å². The molecule has 0 bridgehead atoms. The van der Waals surface area contributed by atoms with Gasteiger partial charge in [-0.3, -0.25) is 14.6 Å². The predicted octanol–water partition coefficient (Wildman–Crippen LogP) is 4.47. The van der Waals surface area contributed by atoms with Crippen molar-refractivity contribution in [2.24, 2.45) is 0 Å². The summed E-state index contributed by atoms with van der Waals surface area (Å²) in [5.41, 5.74) is 0.831. The highest BCUT2D eigenvalue weighted by Crippen LogP contribution is 2.31. The van der Waals surface area contributed by atoms with Crippen molar-refractivity contribution >= 4 is 23.3 Å². The zero-order valence-corrected chi connectivity index (χ0v) is 13.6. The van der Waals surface area contributed by atoms with E-state index in [0.29, 0.717) is 30.8 Å². The first-order valence-corrected chi connectivity index (χ1v) is 7.90.